The largest absolute Gasteiger partial charge is 0.586 e. The molecule has 0 bridgehead atoms. The minimum Gasteiger partial charge on any atom is -0.395 e. The lowest BCUT2D eigenvalue weighted by atomic mass is 9.86. The molecule has 7 heteroatoms. The molecule has 3 rings (SSSR count). The van der Waals surface area contributed by atoms with Crippen molar-refractivity contribution < 1.29 is 31.4 Å². The van der Waals surface area contributed by atoms with Crippen LogP contribution in [0.5, 0.6) is 11.5 Å². The van der Waals surface area contributed by atoms with Crippen LogP contribution < -0.4 is 9.47 Å². The van der Waals surface area contributed by atoms with Gasteiger partial charge < -0.3 is 9.47 Å². The van der Waals surface area contributed by atoms with E-state index in [2.05, 4.69) is 9.47 Å². The van der Waals surface area contributed by atoms with Crippen molar-refractivity contribution in [2.45, 2.75) is 51.5 Å². The fraction of sp³-hybridized carbons (Fsp3) is 0.400. The molecule has 0 fully saturated rings. The Morgan fingerprint density at radius 3 is 2.19 bits per heavy atom. The molecule has 1 unspecified atom stereocenters. The van der Waals surface area contributed by atoms with Gasteiger partial charge >= 0.3 is 12.5 Å². The van der Waals surface area contributed by atoms with Gasteiger partial charge in [0.25, 0.3) is 0 Å². The monoisotopic (exact) mass is 386 g/mol. The van der Waals surface area contributed by atoms with Gasteiger partial charge in [-0.15, -0.1) is 8.78 Å². The molecule has 0 aliphatic carbocycles. The molecule has 1 aliphatic rings. The van der Waals surface area contributed by atoms with Crippen molar-refractivity contribution >= 4 is 0 Å². The van der Waals surface area contributed by atoms with Gasteiger partial charge in [0.2, 0.25) is 0 Å². The summed E-state index contributed by atoms with van der Waals surface area (Å²) in [6.07, 6.45) is -8.24. The molecule has 2 aromatic carbocycles. The number of hydrogen-bond acceptors (Lipinski definition) is 2. The summed E-state index contributed by atoms with van der Waals surface area (Å²) in [6, 6.07) is 8.92. The predicted molar refractivity (Wildman–Crippen MR) is 90.3 cm³/mol. The van der Waals surface area contributed by atoms with Crippen LogP contribution in [0, 0.1) is 0 Å². The van der Waals surface area contributed by atoms with Crippen LogP contribution in [0.15, 0.2) is 36.4 Å². The Bertz CT molecular complexity index is 843. The first-order valence-electron chi connectivity index (χ1n) is 8.57. The maximum Gasteiger partial charge on any atom is 0.586 e. The van der Waals surface area contributed by atoms with E-state index in [1.807, 2.05) is 0 Å². The summed E-state index contributed by atoms with van der Waals surface area (Å²) in [7, 11) is 0. The van der Waals surface area contributed by atoms with E-state index in [4.69, 9.17) is 0 Å². The highest BCUT2D eigenvalue weighted by Crippen LogP contribution is 2.46. The van der Waals surface area contributed by atoms with Crippen LogP contribution >= 0.6 is 0 Å². The van der Waals surface area contributed by atoms with Crippen LogP contribution in [0.2, 0.25) is 0 Å². The molecule has 0 saturated carbocycles. The molecule has 1 heterocycles. The predicted octanol–water partition coefficient (Wildman–Crippen LogP) is 6.50. The Balaban J connectivity index is 1.99. The van der Waals surface area contributed by atoms with Crippen molar-refractivity contribution in [2.24, 2.45) is 0 Å². The second-order valence-corrected chi connectivity index (χ2v) is 6.98. The molecule has 1 atom stereocenters. The van der Waals surface area contributed by atoms with Gasteiger partial charge in [-0.1, -0.05) is 51.1 Å². The normalized spacial score (nSPS) is 16.6. The summed E-state index contributed by atoms with van der Waals surface area (Å²) in [5, 5.41) is 0. The lowest BCUT2D eigenvalue weighted by molar-refractivity contribution is -0.287. The van der Waals surface area contributed by atoms with Gasteiger partial charge in [-0.2, -0.15) is 13.2 Å². The third kappa shape index (κ3) is 3.87. The first-order valence-corrected chi connectivity index (χ1v) is 8.57. The fourth-order valence-corrected chi connectivity index (χ4v) is 3.43. The highest BCUT2D eigenvalue weighted by atomic mass is 19.4. The summed E-state index contributed by atoms with van der Waals surface area (Å²) < 4.78 is 76.8. The van der Waals surface area contributed by atoms with Crippen molar-refractivity contribution in [3.63, 3.8) is 0 Å². The van der Waals surface area contributed by atoms with Crippen molar-refractivity contribution in [1.29, 1.82) is 0 Å². The number of ether oxygens (including phenoxy) is 2. The van der Waals surface area contributed by atoms with Gasteiger partial charge in [0, 0.05) is 5.56 Å². The van der Waals surface area contributed by atoms with Gasteiger partial charge in [0.15, 0.2) is 11.5 Å². The van der Waals surface area contributed by atoms with E-state index in [1.165, 1.54) is 24.3 Å². The van der Waals surface area contributed by atoms with E-state index in [1.54, 1.807) is 32.9 Å². The third-order valence-corrected chi connectivity index (χ3v) is 4.60. The lowest BCUT2D eigenvalue weighted by Gasteiger charge is -2.22. The average Bonchev–Trinajstić information content (AvgIpc) is 2.86. The average molecular weight is 386 g/mol. The lowest BCUT2D eigenvalue weighted by Crippen LogP contribution is -2.26. The number of para-hydroxylation sites is 1. The van der Waals surface area contributed by atoms with Crippen LogP contribution in [0.25, 0.3) is 0 Å². The van der Waals surface area contributed by atoms with Crippen LogP contribution in [0.4, 0.5) is 22.0 Å². The van der Waals surface area contributed by atoms with Gasteiger partial charge in [-0.05, 0) is 35.4 Å². The van der Waals surface area contributed by atoms with Crippen molar-refractivity contribution in [3.8, 4) is 11.5 Å². The molecule has 0 N–H and O–H groups in total. The summed E-state index contributed by atoms with van der Waals surface area (Å²) in [6.45, 7) is 5.09. The van der Waals surface area contributed by atoms with Gasteiger partial charge in [0.1, 0.15) is 0 Å². The Labute approximate surface area is 153 Å². The van der Waals surface area contributed by atoms with Gasteiger partial charge in [-0.25, -0.2) is 0 Å². The van der Waals surface area contributed by atoms with Crippen LogP contribution in [-0.4, -0.2) is 6.29 Å². The highest BCUT2D eigenvalue weighted by molar-refractivity contribution is 5.51. The Morgan fingerprint density at radius 1 is 0.926 bits per heavy atom. The third-order valence-electron chi connectivity index (χ3n) is 4.60. The second-order valence-electron chi connectivity index (χ2n) is 6.98. The molecule has 2 nitrogen and oxygen atoms in total. The smallest absolute Gasteiger partial charge is 0.395 e. The van der Waals surface area contributed by atoms with Gasteiger partial charge in [0.05, 0.1) is 5.56 Å². The van der Waals surface area contributed by atoms with Crippen molar-refractivity contribution in [2.75, 3.05) is 0 Å². The number of rotatable bonds is 4. The zero-order chi connectivity index (χ0) is 20.0. The van der Waals surface area contributed by atoms with E-state index >= 15 is 0 Å². The molecule has 1 aliphatic heterocycles. The molecule has 0 amide bonds. The Hall–Kier alpha value is -2.31. The number of fused-ring (bicyclic) bond motifs is 1. The maximum absolute atomic E-state index is 13.7. The topological polar surface area (TPSA) is 18.5 Å². The summed E-state index contributed by atoms with van der Waals surface area (Å²) >= 11 is 0. The minimum atomic E-state index is -4.50. The SMILES string of the molecule is CC(C)c1cccc(CC(C)c2cccc3c2OC(F)(F)O3)c1C(F)(F)F. The van der Waals surface area contributed by atoms with E-state index in [0.717, 1.165) is 0 Å². The molecule has 146 valence electrons. The minimum absolute atomic E-state index is 0.0286. The second kappa shape index (κ2) is 6.69. The highest BCUT2D eigenvalue weighted by Gasteiger charge is 2.45. The first-order chi connectivity index (χ1) is 12.5. The zero-order valence-corrected chi connectivity index (χ0v) is 15.0. The molecule has 2 aromatic rings. The first kappa shape index (κ1) is 19.5. The van der Waals surface area contributed by atoms with E-state index in [-0.39, 0.29) is 35.0 Å². The fourth-order valence-electron chi connectivity index (χ4n) is 3.43. The van der Waals surface area contributed by atoms with Crippen LogP contribution in [0.1, 0.15) is 54.9 Å². The number of alkyl halides is 5. The Kier molecular flexibility index (Phi) is 4.82. The molecular formula is C20H19F5O2. The van der Waals surface area contributed by atoms with Crippen LogP contribution in [-0.2, 0) is 12.6 Å². The van der Waals surface area contributed by atoms with E-state index in [9.17, 15) is 22.0 Å². The molecule has 0 radical (unpaired) electrons. The van der Waals surface area contributed by atoms with Crippen molar-refractivity contribution in [1.82, 2.24) is 0 Å². The summed E-state index contributed by atoms with van der Waals surface area (Å²) in [4.78, 5) is 0. The molecule has 0 aromatic heterocycles. The summed E-state index contributed by atoms with van der Waals surface area (Å²) in [5.74, 6) is -1.02. The van der Waals surface area contributed by atoms with E-state index < -0.39 is 24.0 Å². The standard InChI is InChI=1S/C20H19F5O2/c1-11(2)14-7-4-6-13(17(14)19(21,22)23)10-12(3)15-8-5-9-16-18(15)27-20(24,25)26-16/h4-9,11-12H,10H2,1-3H3. The molecule has 0 spiro atoms. The Morgan fingerprint density at radius 2 is 1.56 bits per heavy atom. The van der Waals surface area contributed by atoms with E-state index in [0.29, 0.717) is 5.56 Å². The quantitative estimate of drug-likeness (QED) is 0.559. The number of benzene rings is 2. The van der Waals surface area contributed by atoms with Crippen LogP contribution in [0.3, 0.4) is 0 Å². The zero-order valence-electron chi connectivity index (χ0n) is 15.0. The maximum atomic E-state index is 13.7. The molecule has 27 heavy (non-hydrogen) atoms. The number of halogens is 5. The van der Waals surface area contributed by atoms with Gasteiger partial charge in [-0.3, -0.25) is 0 Å². The van der Waals surface area contributed by atoms with Crippen molar-refractivity contribution in [3.05, 3.63) is 58.7 Å². The molecular weight excluding hydrogens is 367 g/mol. The number of hydrogen-bond donors (Lipinski definition) is 0. The summed E-state index contributed by atoms with van der Waals surface area (Å²) in [5.41, 5.74) is 0.0794. The molecule has 0 saturated heterocycles.